The first-order chi connectivity index (χ1) is 6.06. The third-order valence-corrected chi connectivity index (χ3v) is 3.18. The van der Waals surface area contributed by atoms with E-state index in [1.54, 1.807) is 6.92 Å². The Labute approximate surface area is 84.7 Å². The summed E-state index contributed by atoms with van der Waals surface area (Å²) in [6.45, 7) is 5.33. The topological polar surface area (TPSA) is 40.9 Å². The highest BCUT2D eigenvalue weighted by Crippen LogP contribution is 2.24. The minimum atomic E-state index is -0.756. The molecule has 0 aliphatic rings. The van der Waals surface area contributed by atoms with Crippen LogP contribution in [0, 0.1) is 16.7 Å². The van der Waals surface area contributed by atoms with Crippen LogP contribution in [0.25, 0.3) is 0 Å². The number of nitriles is 1. The zero-order valence-electron chi connectivity index (χ0n) is 8.59. The summed E-state index contributed by atoms with van der Waals surface area (Å²) in [6, 6.07) is 2.10. The zero-order valence-corrected chi connectivity index (χ0v) is 9.41. The molecular formula is C10H17NOS. The van der Waals surface area contributed by atoms with Crippen molar-refractivity contribution in [3.63, 3.8) is 0 Å². The molecule has 0 aliphatic heterocycles. The number of Topliss-reactive ketones (excluding diaryl/α,β-unsaturated/α-hetero) is 1. The maximum Gasteiger partial charge on any atom is 0.149 e. The monoisotopic (exact) mass is 199 g/mol. The van der Waals surface area contributed by atoms with Gasteiger partial charge in [-0.25, -0.2) is 0 Å². The largest absolute Gasteiger partial charge is 0.298 e. The number of hydrogen-bond acceptors (Lipinski definition) is 3. The summed E-state index contributed by atoms with van der Waals surface area (Å²) >= 11 is 1.85. The second-order valence-electron chi connectivity index (χ2n) is 3.30. The molecule has 0 fully saturated rings. The Hall–Kier alpha value is -0.490. The third-order valence-electron chi connectivity index (χ3n) is 2.19. The first-order valence-corrected chi connectivity index (χ1v) is 5.72. The van der Waals surface area contributed by atoms with E-state index in [0.29, 0.717) is 6.42 Å². The molecule has 0 aromatic rings. The van der Waals surface area contributed by atoms with Crippen molar-refractivity contribution in [3.05, 3.63) is 0 Å². The van der Waals surface area contributed by atoms with Gasteiger partial charge in [-0.3, -0.25) is 4.79 Å². The molecule has 13 heavy (non-hydrogen) atoms. The van der Waals surface area contributed by atoms with E-state index in [-0.39, 0.29) is 5.78 Å². The Morgan fingerprint density at radius 3 is 2.62 bits per heavy atom. The molecule has 1 unspecified atom stereocenters. The van der Waals surface area contributed by atoms with Gasteiger partial charge in [0.2, 0.25) is 0 Å². The maximum absolute atomic E-state index is 11.1. The van der Waals surface area contributed by atoms with Gasteiger partial charge < -0.3 is 0 Å². The van der Waals surface area contributed by atoms with Gasteiger partial charge in [-0.1, -0.05) is 6.92 Å². The molecule has 0 spiro atoms. The van der Waals surface area contributed by atoms with Crippen molar-refractivity contribution < 1.29 is 4.79 Å². The predicted octanol–water partition coefficient (Wildman–Crippen LogP) is 2.64. The third kappa shape index (κ3) is 4.33. The van der Waals surface area contributed by atoms with Gasteiger partial charge in [-0.15, -0.1) is 0 Å². The van der Waals surface area contributed by atoms with Gasteiger partial charge in [-0.2, -0.15) is 17.0 Å². The molecule has 0 saturated heterocycles. The van der Waals surface area contributed by atoms with Gasteiger partial charge in [0.25, 0.3) is 0 Å². The van der Waals surface area contributed by atoms with Gasteiger partial charge >= 0.3 is 0 Å². The molecule has 0 amide bonds. The molecule has 0 saturated carbocycles. The lowest BCUT2D eigenvalue weighted by Crippen LogP contribution is -2.23. The van der Waals surface area contributed by atoms with Crippen LogP contribution in [-0.2, 0) is 4.79 Å². The van der Waals surface area contributed by atoms with E-state index in [2.05, 4.69) is 13.0 Å². The number of carbonyl (C=O) groups excluding carboxylic acids is 1. The molecule has 2 nitrogen and oxygen atoms in total. The first-order valence-electron chi connectivity index (χ1n) is 4.57. The van der Waals surface area contributed by atoms with Crippen LogP contribution in [0.3, 0.4) is 0 Å². The molecular weight excluding hydrogens is 182 g/mol. The van der Waals surface area contributed by atoms with Crippen LogP contribution in [0.5, 0.6) is 0 Å². The Morgan fingerprint density at radius 2 is 2.23 bits per heavy atom. The van der Waals surface area contributed by atoms with Gasteiger partial charge in [-0.05, 0) is 38.2 Å². The van der Waals surface area contributed by atoms with Crippen LogP contribution in [0.1, 0.15) is 33.6 Å². The van der Waals surface area contributed by atoms with Crippen LogP contribution in [-0.4, -0.2) is 17.3 Å². The molecule has 3 heteroatoms. The van der Waals surface area contributed by atoms with E-state index in [1.165, 1.54) is 6.92 Å². The highest BCUT2D eigenvalue weighted by molar-refractivity contribution is 7.99. The lowest BCUT2D eigenvalue weighted by molar-refractivity contribution is -0.123. The van der Waals surface area contributed by atoms with E-state index < -0.39 is 5.41 Å². The number of ketones is 1. The smallest absolute Gasteiger partial charge is 0.149 e. The highest BCUT2D eigenvalue weighted by atomic mass is 32.2. The van der Waals surface area contributed by atoms with Crippen LogP contribution in [0.2, 0.25) is 0 Å². The number of rotatable bonds is 6. The van der Waals surface area contributed by atoms with Crippen molar-refractivity contribution in [1.82, 2.24) is 0 Å². The number of nitrogens with zero attached hydrogens (tertiary/aromatic N) is 1. The molecule has 0 aromatic heterocycles. The molecule has 74 valence electrons. The molecule has 0 bridgehead atoms. The van der Waals surface area contributed by atoms with Crippen LogP contribution in [0.4, 0.5) is 0 Å². The Morgan fingerprint density at radius 1 is 1.62 bits per heavy atom. The summed E-state index contributed by atoms with van der Waals surface area (Å²) in [7, 11) is 0. The van der Waals surface area contributed by atoms with Crippen LogP contribution in [0.15, 0.2) is 0 Å². The van der Waals surface area contributed by atoms with E-state index in [9.17, 15) is 4.79 Å². The maximum atomic E-state index is 11.1. The SMILES string of the molecule is CCSCCCC(C)(C#N)C(C)=O. The minimum Gasteiger partial charge on any atom is -0.298 e. The summed E-state index contributed by atoms with van der Waals surface area (Å²) in [5.41, 5.74) is -0.756. The lowest BCUT2D eigenvalue weighted by Gasteiger charge is -2.16. The first kappa shape index (κ1) is 12.5. The van der Waals surface area contributed by atoms with Crippen molar-refractivity contribution in [2.24, 2.45) is 5.41 Å². The molecule has 0 radical (unpaired) electrons. The number of thioether (sulfide) groups is 1. The summed E-state index contributed by atoms with van der Waals surface area (Å²) in [5.74, 6) is 2.13. The van der Waals surface area contributed by atoms with Gasteiger partial charge in [0.1, 0.15) is 11.2 Å². The number of hydrogen-bond donors (Lipinski definition) is 0. The molecule has 1 atom stereocenters. The summed E-state index contributed by atoms with van der Waals surface area (Å²) in [6.07, 6.45) is 1.63. The fourth-order valence-electron chi connectivity index (χ4n) is 0.983. The second-order valence-corrected chi connectivity index (χ2v) is 4.69. The molecule has 0 aromatic carbocycles. The standard InChI is InChI=1S/C10H17NOS/c1-4-13-7-5-6-10(3,8-11)9(2)12/h4-7H2,1-3H3. The Bertz CT molecular complexity index is 209. The zero-order chi connectivity index (χ0) is 10.3. The normalized spacial score (nSPS) is 14.6. The lowest BCUT2D eigenvalue weighted by atomic mass is 9.84. The summed E-state index contributed by atoms with van der Waals surface area (Å²) in [4.78, 5) is 11.1. The molecule has 0 N–H and O–H groups in total. The Kier molecular flexibility index (Phi) is 5.81. The summed E-state index contributed by atoms with van der Waals surface area (Å²) < 4.78 is 0. The van der Waals surface area contributed by atoms with Crippen molar-refractivity contribution in [2.75, 3.05) is 11.5 Å². The van der Waals surface area contributed by atoms with E-state index in [0.717, 1.165) is 17.9 Å². The number of carbonyl (C=O) groups is 1. The quantitative estimate of drug-likeness (QED) is 0.617. The molecule has 0 aliphatic carbocycles. The van der Waals surface area contributed by atoms with E-state index in [1.807, 2.05) is 11.8 Å². The van der Waals surface area contributed by atoms with E-state index >= 15 is 0 Å². The van der Waals surface area contributed by atoms with Crippen molar-refractivity contribution in [3.8, 4) is 6.07 Å². The minimum absolute atomic E-state index is 0.0171. The van der Waals surface area contributed by atoms with E-state index in [4.69, 9.17) is 5.26 Å². The summed E-state index contributed by atoms with van der Waals surface area (Å²) in [5, 5.41) is 8.83. The molecule has 0 rings (SSSR count). The highest BCUT2D eigenvalue weighted by Gasteiger charge is 2.28. The molecule has 0 heterocycles. The average molecular weight is 199 g/mol. The van der Waals surface area contributed by atoms with Crippen LogP contribution >= 0.6 is 11.8 Å². The van der Waals surface area contributed by atoms with Crippen molar-refractivity contribution in [1.29, 1.82) is 5.26 Å². The van der Waals surface area contributed by atoms with Crippen molar-refractivity contribution >= 4 is 17.5 Å². The van der Waals surface area contributed by atoms with Gasteiger partial charge in [0.05, 0.1) is 6.07 Å². The van der Waals surface area contributed by atoms with Crippen molar-refractivity contribution in [2.45, 2.75) is 33.6 Å². The fourth-order valence-corrected chi connectivity index (χ4v) is 1.62. The van der Waals surface area contributed by atoms with Gasteiger partial charge in [0, 0.05) is 0 Å². The average Bonchev–Trinajstić information content (AvgIpc) is 2.12. The fraction of sp³-hybridized carbons (Fsp3) is 0.800. The Balaban J connectivity index is 3.87. The second kappa shape index (κ2) is 6.04. The van der Waals surface area contributed by atoms with Crippen LogP contribution < -0.4 is 0 Å². The predicted molar refractivity (Wildman–Crippen MR) is 56.6 cm³/mol. The van der Waals surface area contributed by atoms with Gasteiger partial charge in [0.15, 0.2) is 0 Å².